The average Bonchev–Trinajstić information content (AvgIpc) is 2.24. The first-order valence-electron chi connectivity index (χ1n) is 5.89. The van der Waals surface area contributed by atoms with E-state index in [1.807, 2.05) is 14.1 Å². The van der Waals surface area contributed by atoms with Gasteiger partial charge in [-0.2, -0.15) is 0 Å². The van der Waals surface area contributed by atoms with E-state index < -0.39 is 18.0 Å². The van der Waals surface area contributed by atoms with Crippen molar-refractivity contribution in [3.63, 3.8) is 0 Å². The molecule has 0 heterocycles. The number of carboxylic acids is 1. The zero-order valence-corrected chi connectivity index (χ0v) is 10.8. The molecule has 3 N–H and O–H groups in total. The van der Waals surface area contributed by atoms with Crippen molar-refractivity contribution < 1.29 is 14.7 Å². The molecule has 0 spiro atoms. The number of carbonyl (C=O) groups excluding carboxylic acids is 1. The van der Waals surface area contributed by atoms with Crippen LogP contribution < -0.4 is 10.6 Å². The van der Waals surface area contributed by atoms with Gasteiger partial charge in [0.25, 0.3) is 0 Å². The van der Waals surface area contributed by atoms with E-state index in [1.165, 1.54) is 0 Å². The second-order valence-corrected chi connectivity index (χ2v) is 4.21. The topological polar surface area (TPSA) is 81.7 Å². The minimum Gasteiger partial charge on any atom is -0.480 e. The van der Waals surface area contributed by atoms with Gasteiger partial charge in [-0.3, -0.25) is 0 Å². The Bertz CT molecular complexity index is 244. The second-order valence-electron chi connectivity index (χ2n) is 4.21. The third-order valence-corrected chi connectivity index (χ3v) is 2.33. The SMILES string of the molecule is CC[C@H](NC(=O)NCCCCN(C)C)C(=O)O. The molecule has 0 aromatic heterocycles. The van der Waals surface area contributed by atoms with E-state index in [-0.39, 0.29) is 0 Å². The molecule has 0 radical (unpaired) electrons. The number of carbonyl (C=O) groups is 2. The van der Waals surface area contributed by atoms with Crippen molar-refractivity contribution in [2.75, 3.05) is 27.2 Å². The molecule has 0 bridgehead atoms. The molecule has 6 heteroatoms. The van der Waals surface area contributed by atoms with Gasteiger partial charge in [-0.25, -0.2) is 9.59 Å². The largest absolute Gasteiger partial charge is 0.480 e. The molecule has 0 aliphatic carbocycles. The van der Waals surface area contributed by atoms with Gasteiger partial charge in [0.05, 0.1) is 0 Å². The highest BCUT2D eigenvalue weighted by Gasteiger charge is 2.16. The smallest absolute Gasteiger partial charge is 0.326 e. The number of hydrogen-bond acceptors (Lipinski definition) is 3. The van der Waals surface area contributed by atoms with Gasteiger partial charge in [0, 0.05) is 6.54 Å². The number of aliphatic carboxylic acids is 1. The highest BCUT2D eigenvalue weighted by Crippen LogP contribution is 1.91. The molecular formula is C11H23N3O3. The van der Waals surface area contributed by atoms with E-state index in [1.54, 1.807) is 6.92 Å². The van der Waals surface area contributed by atoms with Crippen LogP contribution >= 0.6 is 0 Å². The van der Waals surface area contributed by atoms with Crippen LogP contribution in [-0.2, 0) is 4.79 Å². The van der Waals surface area contributed by atoms with Gasteiger partial charge in [0.1, 0.15) is 6.04 Å². The third-order valence-electron chi connectivity index (χ3n) is 2.33. The molecule has 0 aromatic carbocycles. The van der Waals surface area contributed by atoms with E-state index >= 15 is 0 Å². The fourth-order valence-electron chi connectivity index (χ4n) is 1.30. The maximum absolute atomic E-state index is 11.3. The number of rotatable bonds is 8. The van der Waals surface area contributed by atoms with Crippen molar-refractivity contribution in [1.29, 1.82) is 0 Å². The molecule has 0 aliphatic rings. The number of hydrogen-bond donors (Lipinski definition) is 3. The van der Waals surface area contributed by atoms with Crippen LogP contribution in [0.4, 0.5) is 4.79 Å². The van der Waals surface area contributed by atoms with Gasteiger partial charge >= 0.3 is 12.0 Å². The zero-order valence-electron chi connectivity index (χ0n) is 10.8. The maximum atomic E-state index is 11.3. The standard InChI is InChI=1S/C11H23N3O3/c1-4-9(10(15)16)13-11(17)12-7-5-6-8-14(2)3/h9H,4-8H2,1-3H3,(H,15,16)(H2,12,13,17)/t9-/m0/s1. The van der Waals surface area contributed by atoms with Gasteiger partial charge in [0.2, 0.25) is 0 Å². The van der Waals surface area contributed by atoms with Crippen LogP contribution in [-0.4, -0.2) is 55.2 Å². The predicted octanol–water partition coefficient (Wildman–Crippen LogP) is 0.491. The lowest BCUT2D eigenvalue weighted by Gasteiger charge is -2.13. The lowest BCUT2D eigenvalue weighted by atomic mass is 10.2. The molecule has 6 nitrogen and oxygen atoms in total. The normalized spacial score (nSPS) is 12.2. The number of nitrogens with zero attached hydrogens (tertiary/aromatic N) is 1. The van der Waals surface area contributed by atoms with Crippen molar-refractivity contribution in [1.82, 2.24) is 15.5 Å². The van der Waals surface area contributed by atoms with E-state index in [9.17, 15) is 9.59 Å². The average molecular weight is 245 g/mol. The highest BCUT2D eigenvalue weighted by molar-refractivity contribution is 5.82. The van der Waals surface area contributed by atoms with Gasteiger partial charge in [-0.05, 0) is 39.9 Å². The summed E-state index contributed by atoms with van der Waals surface area (Å²) in [5.74, 6) is -1.00. The number of urea groups is 1. The molecule has 17 heavy (non-hydrogen) atoms. The molecule has 2 amide bonds. The van der Waals surface area contributed by atoms with Crippen molar-refractivity contribution in [2.45, 2.75) is 32.2 Å². The first kappa shape index (κ1) is 15.7. The minimum atomic E-state index is -1.00. The molecule has 100 valence electrons. The first-order chi connectivity index (χ1) is 7.97. The van der Waals surface area contributed by atoms with Crippen molar-refractivity contribution >= 4 is 12.0 Å². The zero-order chi connectivity index (χ0) is 13.3. The van der Waals surface area contributed by atoms with Crippen molar-refractivity contribution in [3.8, 4) is 0 Å². The Morgan fingerprint density at radius 3 is 2.41 bits per heavy atom. The van der Waals surface area contributed by atoms with Crippen LogP contribution in [0.15, 0.2) is 0 Å². The second kappa shape index (κ2) is 8.81. The molecular weight excluding hydrogens is 222 g/mol. The summed E-state index contributed by atoms with van der Waals surface area (Å²) in [6.07, 6.45) is 2.27. The number of nitrogens with one attached hydrogen (secondary N) is 2. The summed E-state index contributed by atoms with van der Waals surface area (Å²) in [5, 5.41) is 13.8. The van der Waals surface area contributed by atoms with Gasteiger partial charge < -0.3 is 20.6 Å². The van der Waals surface area contributed by atoms with E-state index in [2.05, 4.69) is 15.5 Å². The molecule has 0 aliphatic heterocycles. The molecule has 0 saturated heterocycles. The van der Waals surface area contributed by atoms with Crippen LogP contribution in [0, 0.1) is 0 Å². The van der Waals surface area contributed by atoms with Crippen LogP contribution in [0.2, 0.25) is 0 Å². The summed E-state index contributed by atoms with van der Waals surface area (Å²) in [7, 11) is 4.00. The summed E-state index contributed by atoms with van der Waals surface area (Å²) >= 11 is 0. The number of unbranched alkanes of at least 4 members (excludes halogenated alkanes) is 1. The first-order valence-corrected chi connectivity index (χ1v) is 5.89. The Morgan fingerprint density at radius 2 is 1.94 bits per heavy atom. The lowest BCUT2D eigenvalue weighted by Crippen LogP contribution is -2.45. The molecule has 0 saturated carbocycles. The van der Waals surface area contributed by atoms with Crippen LogP contribution in [0.25, 0.3) is 0 Å². The third kappa shape index (κ3) is 8.50. The summed E-state index contributed by atoms with van der Waals surface area (Å²) in [4.78, 5) is 24.1. The monoisotopic (exact) mass is 245 g/mol. The fourth-order valence-corrected chi connectivity index (χ4v) is 1.30. The van der Waals surface area contributed by atoms with Crippen LogP contribution in [0.3, 0.4) is 0 Å². The number of amides is 2. The van der Waals surface area contributed by atoms with Crippen LogP contribution in [0.5, 0.6) is 0 Å². The van der Waals surface area contributed by atoms with Crippen molar-refractivity contribution in [2.24, 2.45) is 0 Å². The summed E-state index contributed by atoms with van der Waals surface area (Å²) in [6, 6.07) is -1.22. The summed E-state index contributed by atoms with van der Waals surface area (Å²) < 4.78 is 0. The summed E-state index contributed by atoms with van der Waals surface area (Å²) in [6.45, 7) is 3.27. The van der Waals surface area contributed by atoms with E-state index in [0.717, 1.165) is 19.4 Å². The van der Waals surface area contributed by atoms with Gasteiger partial charge in [0.15, 0.2) is 0 Å². The predicted molar refractivity (Wildman–Crippen MR) is 66.0 cm³/mol. The Labute approximate surface area is 102 Å². The quantitative estimate of drug-likeness (QED) is 0.544. The van der Waals surface area contributed by atoms with Crippen LogP contribution in [0.1, 0.15) is 26.2 Å². The Hall–Kier alpha value is -1.30. The highest BCUT2D eigenvalue weighted by atomic mass is 16.4. The van der Waals surface area contributed by atoms with Crippen molar-refractivity contribution in [3.05, 3.63) is 0 Å². The fraction of sp³-hybridized carbons (Fsp3) is 0.818. The van der Waals surface area contributed by atoms with Gasteiger partial charge in [-0.15, -0.1) is 0 Å². The number of carboxylic acid groups (broad SMARTS) is 1. The molecule has 0 fully saturated rings. The Balaban J connectivity index is 3.62. The van der Waals surface area contributed by atoms with E-state index in [0.29, 0.717) is 13.0 Å². The van der Waals surface area contributed by atoms with Gasteiger partial charge in [-0.1, -0.05) is 6.92 Å². The lowest BCUT2D eigenvalue weighted by molar-refractivity contribution is -0.139. The van der Waals surface area contributed by atoms with E-state index in [4.69, 9.17) is 5.11 Å². The molecule has 0 rings (SSSR count). The molecule has 0 aromatic rings. The maximum Gasteiger partial charge on any atom is 0.326 e. The molecule has 0 unspecified atom stereocenters. The molecule has 1 atom stereocenters. The minimum absolute atomic E-state index is 0.378. The Morgan fingerprint density at radius 1 is 1.29 bits per heavy atom. The Kier molecular flexibility index (Phi) is 8.13. The summed E-state index contributed by atoms with van der Waals surface area (Å²) in [5.41, 5.74) is 0.